The number of methoxy groups -OCH3 is 1. The van der Waals surface area contributed by atoms with Crippen molar-refractivity contribution in [3.63, 3.8) is 0 Å². The summed E-state index contributed by atoms with van der Waals surface area (Å²) in [5.41, 5.74) is 0.122. The van der Waals surface area contributed by atoms with Crippen LogP contribution in [0.15, 0.2) is 40.9 Å². The minimum atomic E-state index is -0.878. The Bertz CT molecular complexity index is 641. The van der Waals surface area contributed by atoms with Crippen LogP contribution in [0.1, 0.15) is 15.9 Å². The molecular formula is C14H9BrF2O2. The number of carbonyl (C=O) groups is 1. The molecule has 0 saturated carbocycles. The Morgan fingerprint density at radius 2 is 1.89 bits per heavy atom. The third-order valence-electron chi connectivity index (χ3n) is 2.59. The maximum atomic E-state index is 13.5. The van der Waals surface area contributed by atoms with Gasteiger partial charge in [0.2, 0.25) is 0 Å². The zero-order chi connectivity index (χ0) is 14.0. The molecule has 98 valence electrons. The highest BCUT2D eigenvalue weighted by atomic mass is 79.9. The van der Waals surface area contributed by atoms with Crippen LogP contribution < -0.4 is 4.74 Å². The van der Waals surface area contributed by atoms with Crippen LogP contribution in [0.25, 0.3) is 0 Å². The molecule has 0 bridgehead atoms. The van der Waals surface area contributed by atoms with E-state index in [1.165, 1.54) is 19.2 Å². The normalized spacial score (nSPS) is 10.3. The molecule has 0 spiro atoms. The predicted octanol–water partition coefficient (Wildman–Crippen LogP) is 3.97. The van der Waals surface area contributed by atoms with Gasteiger partial charge >= 0.3 is 0 Å². The van der Waals surface area contributed by atoms with E-state index in [9.17, 15) is 13.6 Å². The summed E-state index contributed by atoms with van der Waals surface area (Å²) in [4.78, 5) is 12.1. The summed E-state index contributed by atoms with van der Waals surface area (Å²) in [5.74, 6) is -1.54. The van der Waals surface area contributed by atoms with Crippen LogP contribution in [0, 0.1) is 11.6 Å². The molecule has 19 heavy (non-hydrogen) atoms. The van der Waals surface area contributed by atoms with E-state index in [0.29, 0.717) is 16.3 Å². The minimum absolute atomic E-state index is 0.168. The first-order valence-corrected chi connectivity index (χ1v) is 6.15. The maximum Gasteiger partial charge on any atom is 0.196 e. The lowest BCUT2D eigenvalue weighted by Crippen LogP contribution is -2.05. The van der Waals surface area contributed by atoms with E-state index < -0.39 is 17.4 Å². The van der Waals surface area contributed by atoms with E-state index in [1.807, 2.05) is 0 Å². The molecule has 2 aromatic rings. The molecular weight excluding hydrogens is 318 g/mol. The third-order valence-corrected chi connectivity index (χ3v) is 3.21. The predicted molar refractivity (Wildman–Crippen MR) is 70.5 cm³/mol. The second kappa shape index (κ2) is 5.48. The molecule has 0 aliphatic carbocycles. The molecule has 0 atom stereocenters. The van der Waals surface area contributed by atoms with Crippen molar-refractivity contribution < 1.29 is 18.3 Å². The van der Waals surface area contributed by atoms with Gasteiger partial charge in [0.1, 0.15) is 17.4 Å². The van der Waals surface area contributed by atoms with Crippen LogP contribution >= 0.6 is 15.9 Å². The van der Waals surface area contributed by atoms with Crippen LogP contribution in [-0.4, -0.2) is 12.9 Å². The summed E-state index contributed by atoms with van der Waals surface area (Å²) >= 11 is 3.25. The Morgan fingerprint density at radius 1 is 1.16 bits per heavy atom. The molecule has 0 saturated heterocycles. The molecule has 0 fully saturated rings. The van der Waals surface area contributed by atoms with Gasteiger partial charge in [-0.25, -0.2) is 8.78 Å². The second-order valence-corrected chi connectivity index (χ2v) is 4.66. The molecule has 0 N–H and O–H groups in total. The SMILES string of the molecule is COc1ccc(C(=O)c2ccc(F)cc2F)cc1Br. The number of rotatable bonds is 3. The fourth-order valence-corrected chi connectivity index (χ4v) is 2.18. The van der Waals surface area contributed by atoms with Gasteiger partial charge in [-0.2, -0.15) is 0 Å². The molecule has 0 aliphatic rings. The monoisotopic (exact) mass is 326 g/mol. The van der Waals surface area contributed by atoms with E-state index in [2.05, 4.69) is 15.9 Å². The van der Waals surface area contributed by atoms with Crippen LogP contribution in [0.5, 0.6) is 5.75 Å². The first-order chi connectivity index (χ1) is 9.02. The Balaban J connectivity index is 2.41. The highest BCUT2D eigenvalue weighted by molar-refractivity contribution is 9.10. The van der Waals surface area contributed by atoms with Gasteiger partial charge in [0, 0.05) is 11.6 Å². The molecule has 5 heteroatoms. The lowest BCUT2D eigenvalue weighted by molar-refractivity contribution is 0.103. The first-order valence-electron chi connectivity index (χ1n) is 5.36. The topological polar surface area (TPSA) is 26.3 Å². The van der Waals surface area contributed by atoms with E-state index in [-0.39, 0.29) is 11.1 Å². The van der Waals surface area contributed by atoms with E-state index in [1.54, 1.807) is 6.07 Å². The fraction of sp³-hybridized carbons (Fsp3) is 0.0714. The number of hydrogen-bond donors (Lipinski definition) is 0. The molecule has 0 amide bonds. The number of ketones is 1. The summed E-state index contributed by atoms with van der Waals surface area (Å²) in [5, 5.41) is 0. The first kappa shape index (κ1) is 13.7. The Labute approximate surface area is 117 Å². The molecule has 0 aromatic heterocycles. The van der Waals surface area contributed by atoms with Gasteiger partial charge in [-0.15, -0.1) is 0 Å². The summed E-state index contributed by atoms with van der Waals surface area (Å²) in [6, 6.07) is 7.52. The zero-order valence-electron chi connectivity index (χ0n) is 9.91. The number of carbonyl (C=O) groups excluding carboxylic acids is 1. The van der Waals surface area contributed by atoms with Gasteiger partial charge in [-0.3, -0.25) is 4.79 Å². The van der Waals surface area contributed by atoms with Crippen molar-refractivity contribution in [2.24, 2.45) is 0 Å². The Morgan fingerprint density at radius 3 is 2.47 bits per heavy atom. The zero-order valence-corrected chi connectivity index (χ0v) is 11.5. The lowest BCUT2D eigenvalue weighted by atomic mass is 10.0. The maximum absolute atomic E-state index is 13.5. The highest BCUT2D eigenvalue weighted by Gasteiger charge is 2.15. The molecule has 0 radical (unpaired) electrons. The number of hydrogen-bond acceptors (Lipinski definition) is 2. The minimum Gasteiger partial charge on any atom is -0.496 e. The van der Waals surface area contributed by atoms with Crippen molar-refractivity contribution in [3.8, 4) is 5.75 Å². The molecule has 2 nitrogen and oxygen atoms in total. The average Bonchev–Trinajstić information content (AvgIpc) is 2.38. The Kier molecular flexibility index (Phi) is 3.95. The van der Waals surface area contributed by atoms with Crippen LogP contribution in [0.4, 0.5) is 8.78 Å². The molecule has 0 heterocycles. The summed E-state index contributed by atoms with van der Waals surface area (Å²) in [6.07, 6.45) is 0. The van der Waals surface area contributed by atoms with Gasteiger partial charge in [-0.1, -0.05) is 0 Å². The third kappa shape index (κ3) is 2.81. The standard InChI is InChI=1S/C14H9BrF2O2/c1-19-13-5-2-8(6-11(13)15)14(18)10-4-3-9(16)7-12(10)17/h2-7H,1H3. The van der Waals surface area contributed by atoms with E-state index >= 15 is 0 Å². The average molecular weight is 327 g/mol. The summed E-state index contributed by atoms with van der Waals surface area (Å²) < 4.78 is 32.0. The van der Waals surface area contributed by atoms with Crippen LogP contribution in [0.3, 0.4) is 0 Å². The lowest BCUT2D eigenvalue weighted by Gasteiger charge is -2.06. The van der Waals surface area contributed by atoms with Crippen molar-refractivity contribution >= 4 is 21.7 Å². The van der Waals surface area contributed by atoms with E-state index in [4.69, 9.17) is 4.74 Å². The van der Waals surface area contributed by atoms with Crippen LogP contribution in [-0.2, 0) is 0 Å². The summed E-state index contributed by atoms with van der Waals surface area (Å²) in [6.45, 7) is 0. The smallest absolute Gasteiger partial charge is 0.196 e. The summed E-state index contributed by atoms with van der Waals surface area (Å²) in [7, 11) is 1.50. The Hall–Kier alpha value is -1.75. The molecule has 2 aromatic carbocycles. The van der Waals surface area contributed by atoms with Crippen LogP contribution in [0.2, 0.25) is 0 Å². The van der Waals surface area contributed by atoms with Crippen molar-refractivity contribution in [3.05, 3.63) is 63.6 Å². The number of benzene rings is 2. The van der Waals surface area contributed by atoms with E-state index in [0.717, 1.165) is 12.1 Å². The fourth-order valence-electron chi connectivity index (χ4n) is 1.64. The van der Waals surface area contributed by atoms with Crippen molar-refractivity contribution in [2.45, 2.75) is 0 Å². The quantitative estimate of drug-likeness (QED) is 0.798. The van der Waals surface area contributed by atoms with Gasteiger partial charge in [0.05, 0.1) is 17.1 Å². The molecule has 2 rings (SSSR count). The van der Waals surface area contributed by atoms with Crippen molar-refractivity contribution in [1.82, 2.24) is 0 Å². The molecule has 0 unspecified atom stereocenters. The number of halogens is 3. The van der Waals surface area contributed by atoms with Crippen molar-refractivity contribution in [1.29, 1.82) is 0 Å². The van der Waals surface area contributed by atoms with Crippen molar-refractivity contribution in [2.75, 3.05) is 7.11 Å². The molecule has 0 aliphatic heterocycles. The van der Waals surface area contributed by atoms with Gasteiger partial charge < -0.3 is 4.74 Å². The number of ether oxygens (including phenoxy) is 1. The highest BCUT2D eigenvalue weighted by Crippen LogP contribution is 2.27. The van der Waals surface area contributed by atoms with Gasteiger partial charge in [0.25, 0.3) is 0 Å². The van der Waals surface area contributed by atoms with Gasteiger partial charge in [-0.05, 0) is 46.3 Å². The second-order valence-electron chi connectivity index (χ2n) is 3.80. The van der Waals surface area contributed by atoms with Gasteiger partial charge in [0.15, 0.2) is 5.78 Å². The largest absolute Gasteiger partial charge is 0.496 e.